The Balaban J connectivity index is 1.09. The van der Waals surface area contributed by atoms with Crippen molar-refractivity contribution in [1.82, 2.24) is 39.9 Å². The molecule has 1 aliphatic rings. The Morgan fingerprint density at radius 2 is 0.866 bits per heavy atom. The van der Waals surface area contributed by atoms with E-state index in [1.165, 1.54) is 22.3 Å². The third kappa shape index (κ3) is 6.29. The van der Waals surface area contributed by atoms with Crippen LogP contribution in [0.4, 0.5) is 0 Å². The second kappa shape index (κ2) is 15.1. The van der Waals surface area contributed by atoms with Gasteiger partial charge in [0.2, 0.25) is 0 Å². The standard InChI is InChI=1S/C59H38N8/c1-59(2)50-19-4-3-14-43(50)44-15-5-16-47(51(44)59)58-66-56(36-22-20-35(21-23-36)39-13-6-24-60-34-39)65-57(67-58)42-30-40(48-32-37-11-7-25-61-52(37)54-45(48)17-9-27-63-54)29-41(31-42)49-33-38-12-8-26-62-53(38)55-46(49)18-10-28-64-55/h3-34H,1-2H3. The average molecular weight is 859 g/mol. The van der Waals surface area contributed by atoms with Gasteiger partial charge in [0.15, 0.2) is 17.5 Å². The van der Waals surface area contributed by atoms with Crippen molar-refractivity contribution >= 4 is 43.6 Å². The molecule has 1 aliphatic carbocycles. The highest BCUT2D eigenvalue weighted by molar-refractivity contribution is 6.12. The Morgan fingerprint density at radius 3 is 1.51 bits per heavy atom. The molecule has 0 radical (unpaired) electrons. The van der Waals surface area contributed by atoms with Crippen LogP contribution in [0.1, 0.15) is 25.0 Å². The van der Waals surface area contributed by atoms with E-state index in [2.05, 4.69) is 146 Å². The van der Waals surface area contributed by atoms with Gasteiger partial charge in [0, 0.05) is 80.8 Å². The van der Waals surface area contributed by atoms with Crippen LogP contribution in [-0.2, 0) is 5.41 Å². The van der Waals surface area contributed by atoms with Gasteiger partial charge in [-0.1, -0.05) is 111 Å². The van der Waals surface area contributed by atoms with Crippen LogP contribution in [0.2, 0.25) is 0 Å². The topological polar surface area (TPSA) is 103 Å². The van der Waals surface area contributed by atoms with Gasteiger partial charge in [-0.3, -0.25) is 24.9 Å². The Morgan fingerprint density at radius 1 is 0.343 bits per heavy atom. The predicted molar refractivity (Wildman–Crippen MR) is 269 cm³/mol. The molecule has 0 amide bonds. The van der Waals surface area contributed by atoms with Gasteiger partial charge >= 0.3 is 0 Å². The molecule has 314 valence electrons. The fraction of sp³-hybridized carbons (Fsp3) is 0.0508. The molecule has 67 heavy (non-hydrogen) atoms. The minimum absolute atomic E-state index is 0.298. The molecule has 13 rings (SSSR count). The Hall–Kier alpha value is -8.88. The van der Waals surface area contributed by atoms with Gasteiger partial charge < -0.3 is 0 Å². The molecule has 0 bridgehead atoms. The first-order valence-electron chi connectivity index (χ1n) is 22.4. The first-order valence-corrected chi connectivity index (χ1v) is 22.4. The predicted octanol–water partition coefficient (Wildman–Crippen LogP) is 13.8. The minimum atomic E-state index is -0.298. The van der Waals surface area contributed by atoms with Gasteiger partial charge in [-0.25, -0.2) is 15.0 Å². The molecule has 0 aliphatic heterocycles. The van der Waals surface area contributed by atoms with E-state index in [0.717, 1.165) is 93.7 Å². The molecular weight excluding hydrogens is 821 g/mol. The molecule has 0 N–H and O–H groups in total. The molecular formula is C59H38N8. The third-order valence-corrected chi connectivity index (χ3v) is 13.3. The largest absolute Gasteiger partial charge is 0.264 e. The molecule has 0 unspecified atom stereocenters. The molecule has 0 atom stereocenters. The summed E-state index contributed by atoms with van der Waals surface area (Å²) in [6.45, 7) is 4.60. The summed E-state index contributed by atoms with van der Waals surface area (Å²) in [6.07, 6.45) is 11.0. The lowest BCUT2D eigenvalue weighted by atomic mass is 9.80. The summed E-state index contributed by atoms with van der Waals surface area (Å²) in [7, 11) is 0. The van der Waals surface area contributed by atoms with E-state index < -0.39 is 0 Å². The van der Waals surface area contributed by atoms with Crippen molar-refractivity contribution in [2.75, 3.05) is 0 Å². The minimum Gasteiger partial charge on any atom is -0.264 e. The van der Waals surface area contributed by atoms with Crippen molar-refractivity contribution in [3.05, 3.63) is 206 Å². The molecule has 8 nitrogen and oxygen atoms in total. The highest BCUT2D eigenvalue weighted by atomic mass is 15.0. The van der Waals surface area contributed by atoms with Crippen LogP contribution in [0.25, 0.3) is 122 Å². The fourth-order valence-electron chi connectivity index (χ4n) is 10.2. The maximum atomic E-state index is 5.49. The maximum Gasteiger partial charge on any atom is 0.164 e. The first kappa shape index (κ1) is 38.6. The van der Waals surface area contributed by atoms with Crippen LogP contribution in [-0.4, -0.2) is 39.9 Å². The van der Waals surface area contributed by atoms with E-state index in [1.807, 2.05) is 61.3 Å². The number of rotatable bonds is 6. The summed E-state index contributed by atoms with van der Waals surface area (Å²) in [4.78, 5) is 39.9. The zero-order valence-electron chi connectivity index (χ0n) is 36.6. The molecule has 0 saturated carbocycles. The van der Waals surface area contributed by atoms with Crippen molar-refractivity contribution in [3.63, 3.8) is 0 Å². The molecule has 6 aromatic heterocycles. The SMILES string of the molecule is CC1(C)c2ccccc2-c2cccc(-c3nc(-c4ccc(-c5cccnc5)cc4)nc(-c4cc(-c5cc6cccnc6c6ncccc56)cc(-c5cc6cccnc6c6ncccc56)c4)n3)c21. The molecule has 12 aromatic rings. The highest BCUT2D eigenvalue weighted by Gasteiger charge is 2.38. The smallest absolute Gasteiger partial charge is 0.164 e. The average Bonchev–Trinajstić information content (AvgIpc) is 3.64. The molecule has 0 spiro atoms. The molecule has 6 heterocycles. The summed E-state index contributed by atoms with van der Waals surface area (Å²) in [5.41, 5.74) is 16.8. The number of nitrogens with zero attached hydrogens (tertiary/aromatic N) is 8. The summed E-state index contributed by atoms with van der Waals surface area (Å²) < 4.78 is 0. The maximum absolute atomic E-state index is 5.49. The van der Waals surface area contributed by atoms with Crippen molar-refractivity contribution in [2.45, 2.75) is 19.3 Å². The number of pyridine rings is 5. The Kier molecular flexibility index (Phi) is 8.70. The van der Waals surface area contributed by atoms with Gasteiger partial charge in [-0.05, 0) is 116 Å². The number of fused-ring (bicyclic) bond motifs is 9. The fourth-order valence-corrected chi connectivity index (χ4v) is 10.2. The number of hydrogen-bond acceptors (Lipinski definition) is 8. The van der Waals surface area contributed by atoms with Crippen LogP contribution in [0, 0.1) is 0 Å². The van der Waals surface area contributed by atoms with E-state index in [4.69, 9.17) is 34.9 Å². The monoisotopic (exact) mass is 858 g/mol. The van der Waals surface area contributed by atoms with Crippen LogP contribution in [0.3, 0.4) is 0 Å². The normalized spacial score (nSPS) is 12.7. The zero-order chi connectivity index (χ0) is 44.6. The van der Waals surface area contributed by atoms with E-state index in [9.17, 15) is 0 Å². The molecule has 6 aromatic carbocycles. The van der Waals surface area contributed by atoms with Gasteiger partial charge in [0.25, 0.3) is 0 Å². The van der Waals surface area contributed by atoms with Gasteiger partial charge in [-0.15, -0.1) is 0 Å². The summed E-state index contributed by atoms with van der Waals surface area (Å²) >= 11 is 0. The summed E-state index contributed by atoms with van der Waals surface area (Å²) in [5.74, 6) is 1.74. The summed E-state index contributed by atoms with van der Waals surface area (Å²) in [6, 6.07) is 55.1. The lowest BCUT2D eigenvalue weighted by Gasteiger charge is -2.24. The van der Waals surface area contributed by atoms with Crippen LogP contribution in [0.15, 0.2) is 195 Å². The second-order valence-electron chi connectivity index (χ2n) is 17.6. The van der Waals surface area contributed by atoms with E-state index in [-0.39, 0.29) is 5.41 Å². The van der Waals surface area contributed by atoms with E-state index in [1.54, 1.807) is 6.20 Å². The van der Waals surface area contributed by atoms with E-state index in [0.29, 0.717) is 17.5 Å². The van der Waals surface area contributed by atoms with Crippen LogP contribution < -0.4 is 0 Å². The van der Waals surface area contributed by atoms with Gasteiger partial charge in [0.1, 0.15) is 0 Å². The number of benzene rings is 6. The number of hydrogen-bond donors (Lipinski definition) is 0. The second-order valence-corrected chi connectivity index (χ2v) is 17.6. The number of aromatic nitrogens is 8. The lowest BCUT2D eigenvalue weighted by molar-refractivity contribution is 0.661. The van der Waals surface area contributed by atoms with Gasteiger partial charge in [-0.2, -0.15) is 0 Å². The van der Waals surface area contributed by atoms with Crippen LogP contribution in [0.5, 0.6) is 0 Å². The van der Waals surface area contributed by atoms with Crippen molar-refractivity contribution in [1.29, 1.82) is 0 Å². The van der Waals surface area contributed by atoms with Gasteiger partial charge in [0.05, 0.1) is 22.1 Å². The van der Waals surface area contributed by atoms with Crippen molar-refractivity contribution in [3.8, 4) is 78.7 Å². The molecule has 0 fully saturated rings. The van der Waals surface area contributed by atoms with Crippen molar-refractivity contribution in [2.24, 2.45) is 0 Å². The van der Waals surface area contributed by atoms with Crippen molar-refractivity contribution < 1.29 is 0 Å². The first-order chi connectivity index (χ1) is 33.0. The van der Waals surface area contributed by atoms with Crippen LogP contribution >= 0.6 is 0 Å². The lowest BCUT2D eigenvalue weighted by Crippen LogP contribution is -2.17. The van der Waals surface area contributed by atoms with E-state index >= 15 is 0 Å². The quantitative estimate of drug-likeness (QED) is 0.152. The Labute approximate surface area is 385 Å². The third-order valence-electron chi connectivity index (χ3n) is 13.3. The molecule has 8 heteroatoms. The molecule has 0 saturated heterocycles. The Bertz CT molecular complexity index is 3820. The highest BCUT2D eigenvalue weighted by Crippen LogP contribution is 2.52. The zero-order valence-corrected chi connectivity index (χ0v) is 36.6. The summed E-state index contributed by atoms with van der Waals surface area (Å²) in [5, 5.41) is 4.00.